The van der Waals surface area contributed by atoms with Crippen LogP contribution < -0.4 is 0 Å². The number of amides is 1. The Morgan fingerprint density at radius 2 is 1.93 bits per heavy atom. The van der Waals surface area contributed by atoms with Gasteiger partial charge < -0.3 is 9.80 Å². The molecule has 1 aliphatic rings. The molecule has 1 amide bonds. The molecule has 1 saturated heterocycles. The van der Waals surface area contributed by atoms with Crippen LogP contribution in [0.4, 0.5) is 5.69 Å². The average Bonchev–Trinajstić information content (AvgIpc) is 2.73. The van der Waals surface area contributed by atoms with Crippen LogP contribution in [0.25, 0.3) is 0 Å². The summed E-state index contributed by atoms with van der Waals surface area (Å²) >= 11 is 0. The Kier molecular flexibility index (Phi) is 6.71. The Labute approximate surface area is 165 Å². The smallest absolute Gasteiger partial charge is 0.269 e. The first-order valence-electron chi connectivity index (χ1n) is 9.64. The van der Waals surface area contributed by atoms with Crippen LogP contribution in [0.5, 0.6) is 0 Å². The van der Waals surface area contributed by atoms with E-state index >= 15 is 0 Å². The second kappa shape index (κ2) is 9.41. The van der Waals surface area contributed by atoms with E-state index in [1.54, 1.807) is 12.1 Å². The molecule has 1 aromatic heterocycles. The molecule has 7 nitrogen and oxygen atoms in total. The predicted octanol–water partition coefficient (Wildman–Crippen LogP) is 2.70. The highest BCUT2D eigenvalue weighted by atomic mass is 16.6. The van der Waals surface area contributed by atoms with Gasteiger partial charge in [0.2, 0.25) is 5.91 Å². The van der Waals surface area contributed by atoms with Crippen LogP contribution in [-0.4, -0.2) is 58.3 Å². The summed E-state index contributed by atoms with van der Waals surface area (Å²) in [6.45, 7) is 2.95. The highest BCUT2D eigenvalue weighted by Gasteiger charge is 2.25. The van der Waals surface area contributed by atoms with E-state index < -0.39 is 4.92 Å². The van der Waals surface area contributed by atoms with Crippen molar-refractivity contribution in [3.05, 3.63) is 70.0 Å². The van der Waals surface area contributed by atoms with Crippen molar-refractivity contribution in [3.8, 4) is 0 Å². The summed E-state index contributed by atoms with van der Waals surface area (Å²) < 4.78 is 0. The van der Waals surface area contributed by atoms with Crippen LogP contribution in [0.3, 0.4) is 0 Å². The molecule has 0 spiro atoms. The van der Waals surface area contributed by atoms with Gasteiger partial charge in [0, 0.05) is 63.2 Å². The zero-order valence-electron chi connectivity index (χ0n) is 16.2. The van der Waals surface area contributed by atoms with E-state index in [1.165, 1.54) is 12.1 Å². The fourth-order valence-electron chi connectivity index (χ4n) is 3.59. The van der Waals surface area contributed by atoms with Gasteiger partial charge in [-0.05, 0) is 30.5 Å². The van der Waals surface area contributed by atoms with E-state index in [-0.39, 0.29) is 24.1 Å². The maximum absolute atomic E-state index is 12.6. The molecule has 28 heavy (non-hydrogen) atoms. The maximum Gasteiger partial charge on any atom is 0.269 e. The quantitative estimate of drug-likeness (QED) is 0.543. The number of nitro benzene ring substituents is 1. The molecule has 0 aliphatic carbocycles. The first-order chi connectivity index (χ1) is 13.5. The number of aromatic nitrogens is 1. The summed E-state index contributed by atoms with van der Waals surface area (Å²) in [6.07, 6.45) is 4.97. The van der Waals surface area contributed by atoms with Gasteiger partial charge in [-0.3, -0.25) is 19.9 Å². The topological polar surface area (TPSA) is 79.6 Å². The van der Waals surface area contributed by atoms with Crippen molar-refractivity contribution in [2.24, 2.45) is 0 Å². The molecule has 1 aromatic carbocycles. The summed E-state index contributed by atoms with van der Waals surface area (Å²) in [5.41, 5.74) is 1.96. The average molecular weight is 382 g/mol. The molecule has 0 atom stereocenters. The molecule has 2 aromatic rings. The number of piperidine rings is 1. The second-order valence-corrected chi connectivity index (χ2v) is 7.25. The minimum absolute atomic E-state index is 0.0441. The molecule has 0 N–H and O–H groups in total. The number of hydrogen-bond acceptors (Lipinski definition) is 5. The first-order valence-corrected chi connectivity index (χ1v) is 9.64. The van der Waals surface area contributed by atoms with Crippen molar-refractivity contribution in [2.75, 3.05) is 26.7 Å². The lowest BCUT2D eigenvalue weighted by Gasteiger charge is -2.36. The van der Waals surface area contributed by atoms with E-state index in [0.717, 1.165) is 50.2 Å². The van der Waals surface area contributed by atoms with Crippen molar-refractivity contribution < 1.29 is 9.72 Å². The highest BCUT2D eigenvalue weighted by Crippen LogP contribution is 2.18. The van der Waals surface area contributed by atoms with E-state index in [0.29, 0.717) is 0 Å². The number of pyridine rings is 1. The Bertz CT molecular complexity index is 787. The molecule has 1 aliphatic heterocycles. The number of rotatable bonds is 7. The summed E-state index contributed by atoms with van der Waals surface area (Å²) in [7, 11) is 1.86. The van der Waals surface area contributed by atoms with Gasteiger partial charge >= 0.3 is 0 Å². The third-order valence-corrected chi connectivity index (χ3v) is 5.41. The van der Waals surface area contributed by atoms with Gasteiger partial charge in [-0.15, -0.1) is 0 Å². The largest absolute Gasteiger partial charge is 0.342 e. The monoisotopic (exact) mass is 382 g/mol. The van der Waals surface area contributed by atoms with Gasteiger partial charge in [0.15, 0.2) is 0 Å². The molecule has 1 fully saturated rings. The molecule has 0 unspecified atom stereocenters. The molecular weight excluding hydrogens is 356 g/mol. The van der Waals surface area contributed by atoms with Gasteiger partial charge in [-0.2, -0.15) is 0 Å². The Balaban J connectivity index is 1.44. The third kappa shape index (κ3) is 5.36. The zero-order chi connectivity index (χ0) is 19.9. The van der Waals surface area contributed by atoms with Crippen LogP contribution in [0, 0.1) is 10.1 Å². The van der Waals surface area contributed by atoms with Crippen molar-refractivity contribution in [1.82, 2.24) is 14.8 Å². The lowest BCUT2D eigenvalue weighted by Crippen LogP contribution is -2.46. The van der Waals surface area contributed by atoms with Gasteiger partial charge in [-0.25, -0.2) is 0 Å². The Hall–Kier alpha value is -2.80. The van der Waals surface area contributed by atoms with Crippen molar-refractivity contribution in [2.45, 2.75) is 31.7 Å². The Morgan fingerprint density at radius 3 is 2.54 bits per heavy atom. The van der Waals surface area contributed by atoms with Crippen LogP contribution in [0.15, 0.2) is 48.7 Å². The number of carbonyl (C=O) groups is 1. The number of likely N-dealkylation sites (N-methyl/N-ethyl adjacent to an activating group) is 1. The molecule has 148 valence electrons. The van der Waals surface area contributed by atoms with Crippen LogP contribution in [-0.2, 0) is 17.6 Å². The van der Waals surface area contributed by atoms with Crippen LogP contribution in [0.1, 0.15) is 24.1 Å². The van der Waals surface area contributed by atoms with E-state index in [1.807, 2.05) is 30.3 Å². The number of likely N-dealkylation sites (tertiary alicyclic amines) is 1. The summed E-state index contributed by atoms with van der Waals surface area (Å²) in [4.78, 5) is 31.5. The standard InChI is InChI=1S/C21H26N4O3/c1-23(21(26)16-17-5-7-20(8-6-17)25(27)28)19-10-14-24(15-11-19)13-9-18-4-2-3-12-22-18/h2-8,12,19H,9-11,13-16H2,1H3. The fraction of sp³-hybridized carbons (Fsp3) is 0.429. The molecular formula is C21H26N4O3. The van der Waals surface area contributed by atoms with Crippen LogP contribution >= 0.6 is 0 Å². The number of hydrogen-bond donors (Lipinski definition) is 0. The summed E-state index contributed by atoms with van der Waals surface area (Å²) in [6, 6.07) is 12.5. The molecule has 0 radical (unpaired) electrons. The lowest BCUT2D eigenvalue weighted by molar-refractivity contribution is -0.384. The predicted molar refractivity (Wildman–Crippen MR) is 107 cm³/mol. The first kappa shape index (κ1) is 19.9. The highest BCUT2D eigenvalue weighted by molar-refractivity contribution is 5.78. The normalized spacial score (nSPS) is 15.3. The van der Waals surface area contributed by atoms with Crippen molar-refractivity contribution >= 4 is 11.6 Å². The third-order valence-electron chi connectivity index (χ3n) is 5.41. The van der Waals surface area contributed by atoms with E-state index in [9.17, 15) is 14.9 Å². The molecule has 3 rings (SSSR count). The van der Waals surface area contributed by atoms with E-state index in [2.05, 4.69) is 16.0 Å². The number of non-ortho nitro benzene ring substituents is 1. The van der Waals surface area contributed by atoms with Gasteiger partial charge in [-0.1, -0.05) is 18.2 Å². The van der Waals surface area contributed by atoms with Crippen molar-refractivity contribution in [1.29, 1.82) is 0 Å². The Morgan fingerprint density at radius 1 is 1.21 bits per heavy atom. The molecule has 0 saturated carbocycles. The second-order valence-electron chi connectivity index (χ2n) is 7.25. The molecule has 7 heteroatoms. The number of nitrogens with zero attached hydrogens (tertiary/aromatic N) is 4. The van der Waals surface area contributed by atoms with Gasteiger partial charge in [0.25, 0.3) is 5.69 Å². The lowest BCUT2D eigenvalue weighted by atomic mass is 10.0. The maximum atomic E-state index is 12.6. The van der Waals surface area contributed by atoms with E-state index in [4.69, 9.17) is 0 Å². The minimum atomic E-state index is -0.431. The minimum Gasteiger partial charge on any atom is -0.342 e. The SMILES string of the molecule is CN(C(=O)Cc1ccc([N+](=O)[O-])cc1)C1CCN(CCc2ccccn2)CC1. The van der Waals surface area contributed by atoms with Gasteiger partial charge in [0.1, 0.15) is 0 Å². The molecule has 0 bridgehead atoms. The number of carbonyl (C=O) groups excluding carboxylic acids is 1. The van der Waals surface area contributed by atoms with Crippen molar-refractivity contribution in [3.63, 3.8) is 0 Å². The van der Waals surface area contributed by atoms with Crippen LogP contribution in [0.2, 0.25) is 0 Å². The summed E-state index contributed by atoms with van der Waals surface area (Å²) in [5, 5.41) is 10.7. The number of benzene rings is 1. The molecule has 2 heterocycles. The fourth-order valence-corrected chi connectivity index (χ4v) is 3.59. The van der Waals surface area contributed by atoms with Gasteiger partial charge in [0.05, 0.1) is 11.3 Å². The summed E-state index contributed by atoms with van der Waals surface area (Å²) in [5.74, 6) is 0.0563. The number of nitro groups is 1. The zero-order valence-corrected chi connectivity index (χ0v) is 16.2.